The summed E-state index contributed by atoms with van der Waals surface area (Å²) < 4.78 is 40.0. The molecular formula is C16H11F3N2. The van der Waals surface area contributed by atoms with Crippen LogP contribution in [0, 0.1) is 24.4 Å². The maximum absolute atomic E-state index is 13.7. The lowest BCUT2D eigenvalue weighted by atomic mass is 10.1. The van der Waals surface area contributed by atoms with E-state index in [1.54, 1.807) is 6.92 Å². The van der Waals surface area contributed by atoms with Crippen LogP contribution in [0.15, 0.2) is 42.5 Å². The molecule has 0 spiro atoms. The molecule has 3 aromatic rings. The molecule has 0 fully saturated rings. The predicted molar refractivity (Wildman–Crippen MR) is 76.1 cm³/mol. The molecule has 0 saturated carbocycles. The van der Waals surface area contributed by atoms with Crippen molar-refractivity contribution in [3.05, 3.63) is 65.6 Å². The minimum atomic E-state index is -1.50. The molecule has 0 radical (unpaired) electrons. The normalized spacial score (nSPS) is 10.9. The summed E-state index contributed by atoms with van der Waals surface area (Å²) >= 11 is 0. The molecule has 0 bridgehead atoms. The van der Waals surface area contributed by atoms with Gasteiger partial charge in [0, 0.05) is 11.1 Å². The zero-order valence-electron chi connectivity index (χ0n) is 11.1. The summed E-state index contributed by atoms with van der Waals surface area (Å²) in [5.74, 6) is -3.59. The summed E-state index contributed by atoms with van der Waals surface area (Å²) in [6, 6.07) is 11.3. The topological polar surface area (TPSA) is 24.9 Å². The van der Waals surface area contributed by atoms with Crippen molar-refractivity contribution in [2.24, 2.45) is 0 Å². The second-order valence-electron chi connectivity index (χ2n) is 4.68. The molecule has 0 aliphatic heterocycles. The molecule has 2 aromatic carbocycles. The monoisotopic (exact) mass is 288 g/mol. The maximum Gasteiger partial charge on any atom is 0.196 e. The molecule has 0 atom stereocenters. The predicted octanol–water partition coefficient (Wildman–Crippen LogP) is 4.70. The van der Waals surface area contributed by atoms with Crippen LogP contribution in [-0.2, 0) is 0 Å². The van der Waals surface area contributed by atoms with Gasteiger partial charge in [0.25, 0.3) is 0 Å². The van der Waals surface area contributed by atoms with Gasteiger partial charge in [-0.1, -0.05) is 24.3 Å². The van der Waals surface area contributed by atoms with E-state index in [4.69, 9.17) is 0 Å². The lowest BCUT2D eigenvalue weighted by Gasteiger charge is -2.11. The third kappa shape index (κ3) is 2.42. The van der Waals surface area contributed by atoms with Crippen LogP contribution in [0.3, 0.4) is 0 Å². The number of nitrogens with one attached hydrogen (secondary N) is 1. The number of halogens is 3. The smallest absolute Gasteiger partial charge is 0.196 e. The average Bonchev–Trinajstić information content (AvgIpc) is 2.47. The van der Waals surface area contributed by atoms with Crippen molar-refractivity contribution in [2.75, 3.05) is 5.32 Å². The van der Waals surface area contributed by atoms with Crippen molar-refractivity contribution in [3.63, 3.8) is 0 Å². The first-order valence-corrected chi connectivity index (χ1v) is 6.33. The van der Waals surface area contributed by atoms with E-state index >= 15 is 0 Å². The Bertz CT molecular complexity index is 831. The quantitative estimate of drug-likeness (QED) is 0.691. The number of rotatable bonds is 2. The Labute approximate surface area is 119 Å². The van der Waals surface area contributed by atoms with Crippen LogP contribution in [0.1, 0.15) is 5.69 Å². The fourth-order valence-electron chi connectivity index (χ4n) is 2.18. The van der Waals surface area contributed by atoms with E-state index in [2.05, 4.69) is 10.3 Å². The van der Waals surface area contributed by atoms with Crippen molar-refractivity contribution in [2.45, 2.75) is 6.92 Å². The molecule has 1 aromatic heterocycles. The van der Waals surface area contributed by atoms with Crippen LogP contribution in [0.5, 0.6) is 0 Å². The van der Waals surface area contributed by atoms with E-state index in [1.807, 2.05) is 30.3 Å². The maximum atomic E-state index is 13.7. The molecule has 0 aliphatic rings. The summed E-state index contributed by atoms with van der Waals surface area (Å²) in [4.78, 5) is 4.30. The van der Waals surface area contributed by atoms with Gasteiger partial charge in [-0.15, -0.1) is 0 Å². The minimum absolute atomic E-state index is 0.155. The van der Waals surface area contributed by atoms with Crippen LogP contribution in [0.4, 0.5) is 24.7 Å². The Kier molecular flexibility index (Phi) is 3.25. The van der Waals surface area contributed by atoms with E-state index < -0.39 is 17.5 Å². The first kappa shape index (κ1) is 13.4. The highest BCUT2D eigenvalue weighted by molar-refractivity contribution is 5.93. The molecule has 3 rings (SSSR count). The van der Waals surface area contributed by atoms with Crippen molar-refractivity contribution in [1.82, 2.24) is 4.98 Å². The van der Waals surface area contributed by atoms with Gasteiger partial charge in [-0.25, -0.2) is 18.2 Å². The third-order valence-corrected chi connectivity index (χ3v) is 3.16. The van der Waals surface area contributed by atoms with Gasteiger partial charge in [-0.05, 0) is 30.5 Å². The Hall–Kier alpha value is -2.56. The molecule has 21 heavy (non-hydrogen) atoms. The second-order valence-corrected chi connectivity index (χ2v) is 4.68. The number of aryl methyl sites for hydroxylation is 1. The first-order chi connectivity index (χ1) is 10.1. The summed E-state index contributed by atoms with van der Waals surface area (Å²) in [6.45, 7) is 1.80. The number of hydrogen-bond acceptors (Lipinski definition) is 2. The molecular weight excluding hydrogens is 277 g/mol. The highest BCUT2D eigenvalue weighted by Crippen LogP contribution is 2.28. The molecule has 2 nitrogen and oxygen atoms in total. The lowest BCUT2D eigenvalue weighted by molar-refractivity contribution is 0.449. The summed E-state index contributed by atoms with van der Waals surface area (Å²) in [6.07, 6.45) is 0. The standard InChI is InChI=1S/C16H11F3N2/c1-9-8-10-4-2-3-5-11(10)16(20-9)21-13-7-6-12(17)14(18)15(13)19/h2-8H,1H3,(H,20,21). The van der Waals surface area contributed by atoms with E-state index in [-0.39, 0.29) is 5.69 Å². The van der Waals surface area contributed by atoms with Crippen molar-refractivity contribution in [1.29, 1.82) is 0 Å². The van der Waals surface area contributed by atoms with Crippen LogP contribution >= 0.6 is 0 Å². The molecule has 1 heterocycles. The number of hydrogen-bond donors (Lipinski definition) is 1. The van der Waals surface area contributed by atoms with Gasteiger partial charge >= 0.3 is 0 Å². The largest absolute Gasteiger partial charge is 0.337 e. The fourth-order valence-corrected chi connectivity index (χ4v) is 2.18. The highest BCUT2D eigenvalue weighted by atomic mass is 19.2. The van der Waals surface area contributed by atoms with Crippen LogP contribution < -0.4 is 5.32 Å². The Morgan fingerprint density at radius 3 is 2.52 bits per heavy atom. The lowest BCUT2D eigenvalue weighted by Crippen LogP contribution is -2.01. The minimum Gasteiger partial charge on any atom is -0.337 e. The van der Waals surface area contributed by atoms with Crippen LogP contribution in [0.25, 0.3) is 10.8 Å². The number of benzene rings is 2. The number of pyridine rings is 1. The van der Waals surface area contributed by atoms with Gasteiger partial charge in [-0.2, -0.15) is 0 Å². The zero-order chi connectivity index (χ0) is 15.0. The molecule has 0 saturated heterocycles. The van der Waals surface area contributed by atoms with Crippen LogP contribution in [-0.4, -0.2) is 4.98 Å². The number of anilines is 2. The van der Waals surface area contributed by atoms with Gasteiger partial charge in [0.2, 0.25) is 0 Å². The van der Waals surface area contributed by atoms with Gasteiger partial charge < -0.3 is 5.32 Å². The zero-order valence-corrected chi connectivity index (χ0v) is 11.1. The van der Waals surface area contributed by atoms with Crippen LogP contribution in [0.2, 0.25) is 0 Å². The summed E-state index contributed by atoms with van der Waals surface area (Å²) in [5.41, 5.74) is 0.580. The first-order valence-electron chi connectivity index (χ1n) is 6.33. The van der Waals surface area contributed by atoms with E-state index in [9.17, 15) is 13.2 Å². The summed E-state index contributed by atoms with van der Waals surface area (Å²) in [7, 11) is 0. The molecule has 0 unspecified atom stereocenters. The van der Waals surface area contributed by atoms with E-state index in [0.717, 1.165) is 28.6 Å². The van der Waals surface area contributed by atoms with Gasteiger partial charge in [-0.3, -0.25) is 0 Å². The van der Waals surface area contributed by atoms with E-state index in [1.165, 1.54) is 0 Å². The van der Waals surface area contributed by atoms with Gasteiger partial charge in [0.15, 0.2) is 17.5 Å². The average molecular weight is 288 g/mol. The SMILES string of the molecule is Cc1cc2ccccc2c(Nc2ccc(F)c(F)c2F)n1. The Morgan fingerprint density at radius 1 is 0.952 bits per heavy atom. The molecule has 0 amide bonds. The van der Waals surface area contributed by atoms with Crippen molar-refractivity contribution in [3.8, 4) is 0 Å². The molecule has 1 N–H and O–H groups in total. The Balaban J connectivity index is 2.12. The van der Waals surface area contributed by atoms with Crippen molar-refractivity contribution >= 4 is 22.3 Å². The molecule has 0 aliphatic carbocycles. The van der Waals surface area contributed by atoms with Gasteiger partial charge in [0.1, 0.15) is 5.82 Å². The number of aromatic nitrogens is 1. The molecule has 5 heteroatoms. The highest BCUT2D eigenvalue weighted by Gasteiger charge is 2.14. The number of nitrogens with zero attached hydrogens (tertiary/aromatic N) is 1. The van der Waals surface area contributed by atoms with E-state index in [0.29, 0.717) is 5.82 Å². The summed E-state index contributed by atoms with van der Waals surface area (Å²) in [5, 5.41) is 4.43. The Morgan fingerprint density at radius 2 is 1.71 bits per heavy atom. The molecule has 106 valence electrons. The van der Waals surface area contributed by atoms with Gasteiger partial charge in [0.05, 0.1) is 5.69 Å². The third-order valence-electron chi connectivity index (χ3n) is 3.16. The second kappa shape index (κ2) is 5.09. The van der Waals surface area contributed by atoms with Crippen molar-refractivity contribution < 1.29 is 13.2 Å². The fraction of sp³-hybridized carbons (Fsp3) is 0.0625. The number of fused-ring (bicyclic) bond motifs is 1.